The lowest BCUT2D eigenvalue weighted by Crippen LogP contribution is -2.38. The molecular formula is C34H33N3O5. The molecule has 2 aromatic heterocycles. The Morgan fingerprint density at radius 3 is 2.64 bits per heavy atom. The molecule has 1 saturated heterocycles. The molecule has 0 radical (unpaired) electrons. The van der Waals surface area contributed by atoms with Crippen LogP contribution in [0.2, 0.25) is 0 Å². The average molecular weight is 564 g/mol. The van der Waals surface area contributed by atoms with Gasteiger partial charge in [0.15, 0.2) is 5.58 Å². The van der Waals surface area contributed by atoms with Crippen molar-refractivity contribution in [3.63, 3.8) is 0 Å². The van der Waals surface area contributed by atoms with Crippen LogP contribution in [0.25, 0.3) is 33.4 Å². The number of nitrogens with zero attached hydrogens (tertiary/aromatic N) is 2. The number of nitriles is 1. The van der Waals surface area contributed by atoms with Gasteiger partial charge >= 0.3 is 0 Å². The van der Waals surface area contributed by atoms with E-state index in [4.69, 9.17) is 18.6 Å². The number of hydrogen-bond acceptors (Lipinski definition) is 7. The molecule has 1 N–H and O–H groups in total. The van der Waals surface area contributed by atoms with Crippen LogP contribution in [0.4, 0.5) is 0 Å². The monoisotopic (exact) mass is 563 g/mol. The standard InChI is InChI=1S/C34H33N3O5/c1-39-31-17-23(34(38)37-29-15-20-2-3-22(29)14-20)4-6-27(31)28-19-41-33-26(8-11-36-32(28)33)21-5-7-30(24(16-21)18-35)42-25-9-12-40-13-10-25/h4-8,11,16-17,19-20,22,25,29H,2-3,9-10,12-15H2,1H3,(H,37,38). The normalized spacial score (nSPS) is 21.8. The second-order valence-corrected chi connectivity index (χ2v) is 11.6. The minimum atomic E-state index is -0.0626. The predicted molar refractivity (Wildman–Crippen MR) is 157 cm³/mol. The van der Waals surface area contributed by atoms with Crippen LogP contribution < -0.4 is 14.8 Å². The van der Waals surface area contributed by atoms with Crippen LogP contribution in [0.3, 0.4) is 0 Å². The Hall–Kier alpha value is -4.35. The molecule has 42 heavy (non-hydrogen) atoms. The third kappa shape index (κ3) is 4.88. The zero-order valence-corrected chi connectivity index (χ0v) is 23.6. The first kappa shape index (κ1) is 26.5. The van der Waals surface area contributed by atoms with Crippen molar-refractivity contribution in [1.29, 1.82) is 5.26 Å². The topological polar surface area (TPSA) is 107 Å². The fraction of sp³-hybridized carbons (Fsp3) is 0.382. The van der Waals surface area contributed by atoms with Gasteiger partial charge in [0.25, 0.3) is 5.91 Å². The predicted octanol–water partition coefficient (Wildman–Crippen LogP) is 6.52. The maximum atomic E-state index is 13.1. The number of aromatic nitrogens is 1. The molecule has 7 rings (SSSR count). The van der Waals surface area contributed by atoms with Gasteiger partial charge in [-0.05, 0) is 73.1 Å². The van der Waals surface area contributed by atoms with Crippen LogP contribution >= 0.6 is 0 Å². The lowest BCUT2D eigenvalue weighted by atomic mass is 9.95. The molecule has 2 aromatic carbocycles. The second-order valence-electron chi connectivity index (χ2n) is 11.6. The van der Waals surface area contributed by atoms with E-state index in [-0.39, 0.29) is 18.1 Å². The summed E-state index contributed by atoms with van der Waals surface area (Å²) in [5, 5.41) is 13.1. The summed E-state index contributed by atoms with van der Waals surface area (Å²) in [5.41, 5.74) is 5.53. The zero-order valence-electron chi connectivity index (χ0n) is 23.6. The van der Waals surface area contributed by atoms with Crippen molar-refractivity contribution >= 4 is 17.0 Å². The number of benzene rings is 2. The summed E-state index contributed by atoms with van der Waals surface area (Å²) < 4.78 is 23.4. The van der Waals surface area contributed by atoms with Gasteiger partial charge in [-0.15, -0.1) is 0 Å². The molecule has 0 spiro atoms. The molecule has 3 atom stereocenters. The van der Waals surface area contributed by atoms with Crippen molar-refractivity contribution in [3.05, 3.63) is 66.1 Å². The molecule has 214 valence electrons. The Morgan fingerprint density at radius 2 is 1.88 bits per heavy atom. The van der Waals surface area contributed by atoms with Gasteiger partial charge in [-0.1, -0.05) is 12.5 Å². The SMILES string of the molecule is COc1cc(C(=O)NC2CC3CCC2C3)ccc1-c1coc2c(-c3ccc(OC4CCOCC4)c(C#N)c3)ccnc12. The molecule has 1 amide bonds. The van der Waals surface area contributed by atoms with Gasteiger partial charge in [0.05, 0.1) is 31.5 Å². The molecule has 8 nitrogen and oxygen atoms in total. The van der Waals surface area contributed by atoms with Crippen LogP contribution in [0.15, 0.2) is 59.3 Å². The maximum Gasteiger partial charge on any atom is 0.251 e. The summed E-state index contributed by atoms with van der Waals surface area (Å²) >= 11 is 0. The number of amides is 1. The Kier molecular flexibility index (Phi) is 7.04. The molecule has 2 aliphatic carbocycles. The molecule has 3 unspecified atom stereocenters. The molecule has 8 heteroatoms. The summed E-state index contributed by atoms with van der Waals surface area (Å²) in [6.07, 6.45) is 9.90. The van der Waals surface area contributed by atoms with E-state index in [2.05, 4.69) is 16.4 Å². The molecule has 1 aliphatic heterocycles. The first-order valence-electron chi connectivity index (χ1n) is 14.8. The van der Waals surface area contributed by atoms with E-state index in [0.717, 1.165) is 47.4 Å². The van der Waals surface area contributed by atoms with Crippen LogP contribution in [0.5, 0.6) is 11.5 Å². The van der Waals surface area contributed by atoms with Gasteiger partial charge < -0.3 is 23.9 Å². The van der Waals surface area contributed by atoms with Crippen molar-refractivity contribution in [3.8, 4) is 39.8 Å². The third-order valence-corrected chi connectivity index (χ3v) is 9.14. The fourth-order valence-corrected chi connectivity index (χ4v) is 6.94. The van der Waals surface area contributed by atoms with Gasteiger partial charge in [-0.25, -0.2) is 0 Å². The number of carbonyl (C=O) groups excluding carboxylic acids is 1. The van der Waals surface area contributed by atoms with Crippen molar-refractivity contribution < 1.29 is 23.4 Å². The highest BCUT2D eigenvalue weighted by Gasteiger charge is 2.40. The number of rotatable bonds is 7. The molecule has 2 saturated carbocycles. The first-order valence-corrected chi connectivity index (χ1v) is 14.8. The van der Waals surface area contributed by atoms with Crippen molar-refractivity contribution in [2.24, 2.45) is 11.8 Å². The molecule has 3 aliphatic rings. The molecule has 4 aromatic rings. The third-order valence-electron chi connectivity index (χ3n) is 9.14. The highest BCUT2D eigenvalue weighted by Crippen LogP contribution is 2.45. The summed E-state index contributed by atoms with van der Waals surface area (Å²) in [4.78, 5) is 17.7. The van der Waals surface area contributed by atoms with E-state index >= 15 is 0 Å². The summed E-state index contributed by atoms with van der Waals surface area (Å²) in [6.45, 7) is 1.34. The number of nitrogens with one attached hydrogen (secondary N) is 1. The van der Waals surface area contributed by atoms with Crippen molar-refractivity contribution in [2.45, 2.75) is 50.7 Å². The van der Waals surface area contributed by atoms with Gasteiger partial charge in [-0.3, -0.25) is 9.78 Å². The van der Waals surface area contributed by atoms with E-state index in [1.165, 1.54) is 19.3 Å². The van der Waals surface area contributed by atoms with Gasteiger partial charge in [0.1, 0.15) is 35.5 Å². The smallest absolute Gasteiger partial charge is 0.251 e. The number of fused-ring (bicyclic) bond motifs is 3. The van der Waals surface area contributed by atoms with Crippen LogP contribution in [-0.2, 0) is 4.74 Å². The highest BCUT2D eigenvalue weighted by molar-refractivity contribution is 6.01. The Morgan fingerprint density at radius 1 is 1.00 bits per heavy atom. The Balaban J connectivity index is 1.17. The van der Waals surface area contributed by atoms with E-state index in [1.807, 2.05) is 36.4 Å². The quantitative estimate of drug-likeness (QED) is 0.273. The lowest BCUT2D eigenvalue weighted by Gasteiger charge is -2.23. The number of carbonyl (C=O) groups is 1. The van der Waals surface area contributed by atoms with E-state index in [9.17, 15) is 10.1 Å². The molecule has 3 fully saturated rings. The van der Waals surface area contributed by atoms with E-state index < -0.39 is 0 Å². The van der Waals surface area contributed by atoms with Crippen LogP contribution in [0.1, 0.15) is 54.4 Å². The summed E-state index contributed by atoms with van der Waals surface area (Å²) in [7, 11) is 1.60. The first-order chi connectivity index (χ1) is 20.6. The van der Waals surface area contributed by atoms with Gasteiger partial charge in [0, 0.05) is 41.8 Å². The maximum absolute atomic E-state index is 13.1. The summed E-state index contributed by atoms with van der Waals surface area (Å²) in [5.74, 6) is 2.46. The van der Waals surface area contributed by atoms with Gasteiger partial charge in [0.2, 0.25) is 0 Å². The van der Waals surface area contributed by atoms with Gasteiger partial charge in [-0.2, -0.15) is 5.26 Å². The van der Waals surface area contributed by atoms with E-state index in [0.29, 0.717) is 52.9 Å². The Bertz CT molecular complexity index is 1680. The molecule has 2 bridgehead atoms. The lowest BCUT2D eigenvalue weighted by molar-refractivity contribution is 0.0254. The number of methoxy groups -OCH3 is 1. The number of pyridine rings is 1. The largest absolute Gasteiger partial charge is 0.496 e. The van der Waals surface area contributed by atoms with Crippen LogP contribution in [0, 0.1) is 23.2 Å². The zero-order chi connectivity index (χ0) is 28.6. The van der Waals surface area contributed by atoms with E-state index in [1.54, 1.807) is 25.6 Å². The second kappa shape index (κ2) is 11.1. The number of ether oxygens (including phenoxy) is 3. The fourth-order valence-electron chi connectivity index (χ4n) is 6.94. The van der Waals surface area contributed by atoms with Crippen molar-refractivity contribution in [1.82, 2.24) is 10.3 Å². The molecular weight excluding hydrogens is 530 g/mol. The van der Waals surface area contributed by atoms with Crippen molar-refractivity contribution in [2.75, 3.05) is 20.3 Å². The minimum Gasteiger partial charge on any atom is -0.496 e. The highest BCUT2D eigenvalue weighted by atomic mass is 16.5. The minimum absolute atomic E-state index is 0.0437. The summed E-state index contributed by atoms with van der Waals surface area (Å²) in [6, 6.07) is 15.6. The van der Waals surface area contributed by atoms with Crippen LogP contribution in [-0.4, -0.2) is 43.4 Å². The number of hydrogen-bond donors (Lipinski definition) is 1. The molecule has 3 heterocycles. The average Bonchev–Trinajstić information content (AvgIpc) is 3.78. The Labute approximate surface area is 244 Å². The number of furan rings is 1.